The predicted molar refractivity (Wildman–Crippen MR) is 146 cm³/mol. The van der Waals surface area contributed by atoms with E-state index in [1.807, 2.05) is 42.1 Å². The highest BCUT2D eigenvalue weighted by Gasteiger charge is 2.26. The Kier molecular flexibility index (Phi) is 8.63. The molecule has 0 spiro atoms. The van der Waals surface area contributed by atoms with Crippen LogP contribution < -0.4 is 10.6 Å². The van der Waals surface area contributed by atoms with E-state index in [9.17, 15) is 4.79 Å². The number of hydrogen-bond donors (Lipinski definition) is 2. The number of benzene rings is 1. The molecule has 0 saturated heterocycles. The molecule has 34 heavy (non-hydrogen) atoms. The quantitative estimate of drug-likeness (QED) is 0.240. The molecule has 180 valence electrons. The molecule has 2 N–H and O–H groups in total. The number of esters is 1. The molecule has 1 aliphatic rings. The lowest BCUT2D eigenvalue weighted by Gasteiger charge is -2.12. The van der Waals surface area contributed by atoms with Gasteiger partial charge in [0.2, 0.25) is 0 Å². The Morgan fingerprint density at radius 2 is 1.94 bits per heavy atom. The zero-order valence-corrected chi connectivity index (χ0v) is 22.8. The van der Waals surface area contributed by atoms with E-state index in [1.165, 1.54) is 17.7 Å². The van der Waals surface area contributed by atoms with Crippen molar-refractivity contribution in [2.75, 3.05) is 17.2 Å². The zero-order valence-electron chi connectivity index (χ0n) is 18.8. The van der Waals surface area contributed by atoms with Crippen molar-refractivity contribution in [3.8, 4) is 0 Å². The fourth-order valence-corrected chi connectivity index (χ4v) is 6.09. The standard InChI is InChI=1S/C24H26BrClN4O2S2/c1-2-32-23(31)20-17-7-5-3-4-6-8-19(17)34-22(20)28-24(33)27-21-18(25)14-30(29-21)13-15-9-11-16(26)12-10-15/h9-12,14H,2-8,13H2,1H3,(H2,27,28,29,33). The number of halogens is 2. The molecule has 1 aromatic carbocycles. The number of carbonyl (C=O) groups excluding carboxylic acids is 1. The third kappa shape index (κ3) is 6.19. The first-order valence-corrected chi connectivity index (χ1v) is 13.7. The van der Waals surface area contributed by atoms with E-state index in [-0.39, 0.29) is 5.97 Å². The molecule has 0 saturated carbocycles. The van der Waals surface area contributed by atoms with E-state index >= 15 is 0 Å². The highest BCUT2D eigenvalue weighted by atomic mass is 79.9. The molecule has 0 bridgehead atoms. The Morgan fingerprint density at radius 1 is 1.21 bits per heavy atom. The van der Waals surface area contributed by atoms with Gasteiger partial charge in [0.15, 0.2) is 10.9 Å². The monoisotopic (exact) mass is 580 g/mol. The van der Waals surface area contributed by atoms with Crippen LogP contribution in [0.4, 0.5) is 10.8 Å². The summed E-state index contributed by atoms with van der Waals surface area (Å²) in [5.41, 5.74) is 2.82. The summed E-state index contributed by atoms with van der Waals surface area (Å²) in [6.07, 6.45) is 8.39. The lowest BCUT2D eigenvalue weighted by atomic mass is 9.96. The van der Waals surface area contributed by atoms with Crippen LogP contribution in [-0.4, -0.2) is 27.5 Å². The average molecular weight is 582 g/mol. The molecule has 2 heterocycles. The zero-order chi connectivity index (χ0) is 24.1. The summed E-state index contributed by atoms with van der Waals surface area (Å²) in [7, 11) is 0. The van der Waals surface area contributed by atoms with Gasteiger partial charge < -0.3 is 15.4 Å². The molecule has 0 atom stereocenters. The Balaban J connectivity index is 1.50. The van der Waals surface area contributed by atoms with Crippen molar-refractivity contribution in [1.29, 1.82) is 0 Å². The number of rotatable bonds is 6. The van der Waals surface area contributed by atoms with Crippen molar-refractivity contribution in [2.24, 2.45) is 0 Å². The van der Waals surface area contributed by atoms with Crippen LogP contribution in [0.1, 0.15) is 59.0 Å². The van der Waals surface area contributed by atoms with Gasteiger partial charge in [-0.3, -0.25) is 4.68 Å². The number of aromatic nitrogens is 2. The SMILES string of the molecule is CCOC(=O)c1c(NC(=S)Nc2nn(Cc3ccc(Cl)cc3)cc2Br)sc2c1CCCCCC2. The summed E-state index contributed by atoms with van der Waals surface area (Å²) in [5, 5.41) is 12.8. The van der Waals surface area contributed by atoms with Crippen molar-refractivity contribution in [2.45, 2.75) is 52.0 Å². The van der Waals surface area contributed by atoms with Crippen LogP contribution in [0.2, 0.25) is 5.02 Å². The van der Waals surface area contributed by atoms with Gasteiger partial charge in [0.1, 0.15) is 5.00 Å². The third-order valence-electron chi connectivity index (χ3n) is 5.58. The molecule has 3 aromatic rings. The molecule has 10 heteroatoms. The van der Waals surface area contributed by atoms with Crippen molar-refractivity contribution >= 4 is 73.0 Å². The third-order valence-corrected chi connectivity index (χ3v) is 7.83. The van der Waals surface area contributed by atoms with E-state index in [2.05, 4.69) is 31.7 Å². The first kappa shape index (κ1) is 25.2. The van der Waals surface area contributed by atoms with Crippen molar-refractivity contribution in [3.05, 3.63) is 61.5 Å². The van der Waals surface area contributed by atoms with Gasteiger partial charge in [-0.1, -0.05) is 36.6 Å². The molecule has 0 fully saturated rings. The van der Waals surface area contributed by atoms with Crippen LogP contribution in [0.25, 0.3) is 0 Å². The minimum Gasteiger partial charge on any atom is -0.462 e. The number of thiophene rings is 1. The topological polar surface area (TPSA) is 68.2 Å². The number of hydrogen-bond acceptors (Lipinski definition) is 5. The van der Waals surface area contributed by atoms with E-state index in [0.717, 1.165) is 46.3 Å². The number of anilines is 2. The van der Waals surface area contributed by atoms with Crippen LogP contribution >= 0.6 is 51.1 Å². The van der Waals surface area contributed by atoms with Gasteiger partial charge >= 0.3 is 5.97 Å². The Hall–Kier alpha value is -1.94. The average Bonchev–Trinajstić information content (AvgIpc) is 3.28. The van der Waals surface area contributed by atoms with E-state index in [4.69, 9.17) is 28.6 Å². The van der Waals surface area contributed by atoms with Gasteiger partial charge in [-0.2, -0.15) is 5.10 Å². The summed E-state index contributed by atoms with van der Waals surface area (Å²) in [4.78, 5) is 14.1. The number of fused-ring (bicyclic) bond motifs is 1. The first-order chi connectivity index (χ1) is 16.4. The van der Waals surface area contributed by atoms with Crippen LogP contribution in [0.15, 0.2) is 34.9 Å². The molecule has 0 amide bonds. The van der Waals surface area contributed by atoms with Crippen molar-refractivity contribution < 1.29 is 9.53 Å². The minimum absolute atomic E-state index is 0.292. The van der Waals surface area contributed by atoms with Gasteiger partial charge in [-0.25, -0.2) is 4.79 Å². The second-order valence-corrected chi connectivity index (χ2v) is 10.9. The normalized spacial score (nSPS) is 13.5. The van der Waals surface area contributed by atoms with Gasteiger partial charge in [0, 0.05) is 16.1 Å². The Bertz CT molecular complexity index is 1180. The maximum atomic E-state index is 12.8. The fraction of sp³-hybridized carbons (Fsp3) is 0.375. The van der Waals surface area contributed by atoms with Gasteiger partial charge in [-0.05, 0) is 84.0 Å². The second kappa shape index (κ2) is 11.7. The summed E-state index contributed by atoms with van der Waals surface area (Å²) < 4.78 is 7.99. The lowest BCUT2D eigenvalue weighted by molar-refractivity contribution is 0.0526. The number of thiocarbonyl (C=S) groups is 1. The summed E-state index contributed by atoms with van der Waals surface area (Å²) in [5.74, 6) is 0.304. The summed E-state index contributed by atoms with van der Waals surface area (Å²) >= 11 is 16.7. The van der Waals surface area contributed by atoms with Gasteiger partial charge in [-0.15, -0.1) is 11.3 Å². The second-order valence-electron chi connectivity index (χ2n) is 8.07. The first-order valence-electron chi connectivity index (χ1n) is 11.3. The van der Waals surface area contributed by atoms with Crippen LogP contribution in [0.3, 0.4) is 0 Å². The summed E-state index contributed by atoms with van der Waals surface area (Å²) in [6.45, 7) is 2.76. The molecule has 4 rings (SSSR count). The smallest absolute Gasteiger partial charge is 0.341 e. The van der Waals surface area contributed by atoms with Gasteiger partial charge in [0.05, 0.1) is 23.2 Å². The molecular formula is C24H26BrClN4O2S2. The number of aryl methyl sites for hydroxylation is 1. The molecule has 0 radical (unpaired) electrons. The van der Waals surface area contributed by atoms with Crippen LogP contribution in [0, 0.1) is 0 Å². The highest BCUT2D eigenvalue weighted by molar-refractivity contribution is 9.10. The molecule has 0 aliphatic heterocycles. The predicted octanol–water partition coefficient (Wildman–Crippen LogP) is 7.05. The Labute approximate surface area is 222 Å². The number of ether oxygens (including phenoxy) is 1. The Morgan fingerprint density at radius 3 is 2.68 bits per heavy atom. The van der Waals surface area contributed by atoms with Crippen LogP contribution in [0.5, 0.6) is 0 Å². The highest BCUT2D eigenvalue weighted by Crippen LogP contribution is 2.37. The molecular weight excluding hydrogens is 556 g/mol. The van der Waals surface area contributed by atoms with Gasteiger partial charge in [0.25, 0.3) is 0 Å². The molecule has 0 unspecified atom stereocenters. The maximum absolute atomic E-state index is 12.8. The van der Waals surface area contributed by atoms with E-state index in [1.54, 1.807) is 11.3 Å². The molecule has 2 aromatic heterocycles. The lowest BCUT2D eigenvalue weighted by Crippen LogP contribution is -2.21. The minimum atomic E-state index is -0.292. The number of nitrogens with zero attached hydrogens (tertiary/aromatic N) is 2. The summed E-state index contributed by atoms with van der Waals surface area (Å²) in [6, 6.07) is 7.66. The van der Waals surface area contributed by atoms with E-state index < -0.39 is 0 Å². The number of carbonyl (C=O) groups is 1. The largest absolute Gasteiger partial charge is 0.462 e. The number of nitrogens with one attached hydrogen (secondary N) is 2. The van der Waals surface area contributed by atoms with Crippen molar-refractivity contribution in [3.63, 3.8) is 0 Å². The van der Waals surface area contributed by atoms with Crippen molar-refractivity contribution in [1.82, 2.24) is 9.78 Å². The van der Waals surface area contributed by atoms with E-state index in [0.29, 0.717) is 34.7 Å². The molecule has 6 nitrogen and oxygen atoms in total. The maximum Gasteiger partial charge on any atom is 0.341 e. The van der Waals surface area contributed by atoms with Crippen LogP contribution in [-0.2, 0) is 24.1 Å². The fourth-order valence-electron chi connectivity index (χ4n) is 4.01. The molecule has 1 aliphatic carbocycles.